The molecule has 0 bridgehead atoms. The van der Waals surface area contributed by atoms with Gasteiger partial charge in [-0.3, -0.25) is 9.59 Å². The van der Waals surface area contributed by atoms with Gasteiger partial charge in [0.1, 0.15) is 11.8 Å². The molecule has 194 valence electrons. The van der Waals surface area contributed by atoms with Gasteiger partial charge in [0.15, 0.2) is 6.61 Å². The summed E-state index contributed by atoms with van der Waals surface area (Å²) >= 11 is 15.8. The second kappa shape index (κ2) is 13.3. The molecule has 1 N–H and O–H groups in total. The first-order valence-corrected chi connectivity index (χ1v) is 13.9. The molecule has 0 unspecified atom stereocenters. The summed E-state index contributed by atoms with van der Waals surface area (Å²) in [5.41, 5.74) is 1.88. The number of hydrogen-bond acceptors (Lipinski definition) is 3. The first-order valence-electron chi connectivity index (χ1n) is 12.3. The molecule has 2 amide bonds. The van der Waals surface area contributed by atoms with Gasteiger partial charge in [0, 0.05) is 28.5 Å². The summed E-state index contributed by atoms with van der Waals surface area (Å²) in [5.74, 6) is -0.103. The predicted molar refractivity (Wildman–Crippen MR) is 151 cm³/mol. The van der Waals surface area contributed by atoms with E-state index in [4.69, 9.17) is 27.9 Å². The number of hydrogen-bond donors (Lipinski definition) is 1. The molecule has 8 heteroatoms. The Morgan fingerprint density at radius 2 is 1.70 bits per heavy atom. The molecule has 0 aromatic heterocycles. The van der Waals surface area contributed by atoms with Crippen LogP contribution in [-0.2, 0) is 22.6 Å². The van der Waals surface area contributed by atoms with Crippen molar-refractivity contribution in [2.45, 2.75) is 50.7 Å². The Morgan fingerprint density at radius 1 is 0.973 bits per heavy atom. The molecule has 4 rings (SSSR count). The Kier molecular flexibility index (Phi) is 9.89. The summed E-state index contributed by atoms with van der Waals surface area (Å²) in [5, 5.41) is 4.00. The Labute approximate surface area is 236 Å². The molecule has 3 aromatic rings. The molecule has 1 aliphatic carbocycles. The van der Waals surface area contributed by atoms with Crippen molar-refractivity contribution in [2.24, 2.45) is 0 Å². The van der Waals surface area contributed by atoms with E-state index in [-0.39, 0.29) is 31.0 Å². The summed E-state index contributed by atoms with van der Waals surface area (Å²) in [4.78, 5) is 29.0. The van der Waals surface area contributed by atoms with Crippen LogP contribution in [0.2, 0.25) is 10.0 Å². The second-order valence-corrected chi connectivity index (χ2v) is 11.0. The summed E-state index contributed by atoms with van der Waals surface area (Å²) in [6, 6.07) is 21.8. The van der Waals surface area contributed by atoms with Crippen LogP contribution >= 0.6 is 39.1 Å². The van der Waals surface area contributed by atoms with Crippen molar-refractivity contribution in [3.63, 3.8) is 0 Å². The largest absolute Gasteiger partial charge is 0.482 e. The van der Waals surface area contributed by atoms with Crippen molar-refractivity contribution < 1.29 is 14.3 Å². The maximum absolute atomic E-state index is 13.7. The molecule has 37 heavy (non-hydrogen) atoms. The Bertz CT molecular complexity index is 1220. The second-order valence-electron chi connectivity index (χ2n) is 9.21. The average molecular weight is 604 g/mol. The molecule has 1 saturated carbocycles. The Hall–Kier alpha value is -2.54. The molecular weight excluding hydrogens is 575 g/mol. The molecular formula is C29H29BrCl2N2O3. The highest BCUT2D eigenvalue weighted by molar-refractivity contribution is 9.10. The minimum atomic E-state index is -0.709. The van der Waals surface area contributed by atoms with Crippen molar-refractivity contribution in [1.82, 2.24) is 10.2 Å². The third kappa shape index (κ3) is 7.97. The van der Waals surface area contributed by atoms with Crippen LogP contribution in [0.15, 0.2) is 77.3 Å². The molecule has 5 nitrogen and oxygen atoms in total. The average Bonchev–Trinajstić information content (AvgIpc) is 3.39. The number of nitrogens with one attached hydrogen (secondary N) is 1. The van der Waals surface area contributed by atoms with E-state index < -0.39 is 6.04 Å². The standard InChI is InChI=1S/C29H29BrCl2N2O3/c30-22-10-6-9-21(15-22)18-34(28(35)19-37-27-14-13-23(31)17-25(27)32)26(16-20-7-2-1-3-8-20)29(36)33-24-11-4-5-12-24/h1-3,6-10,13-15,17,24,26H,4-5,11-12,16,18-19H2,(H,33,36)/t26-/m0/s1. The normalized spacial score (nSPS) is 14.2. The summed E-state index contributed by atoms with van der Waals surface area (Å²) in [7, 11) is 0. The minimum Gasteiger partial charge on any atom is -0.482 e. The maximum Gasteiger partial charge on any atom is 0.261 e. The fourth-order valence-corrected chi connectivity index (χ4v) is 5.48. The van der Waals surface area contributed by atoms with E-state index in [2.05, 4.69) is 21.2 Å². The zero-order valence-corrected chi connectivity index (χ0v) is 23.4. The van der Waals surface area contributed by atoms with Crippen LogP contribution in [-0.4, -0.2) is 35.4 Å². The number of ether oxygens (including phenoxy) is 1. The molecule has 1 fully saturated rings. The first kappa shape index (κ1) is 27.5. The highest BCUT2D eigenvalue weighted by Crippen LogP contribution is 2.28. The molecule has 3 aromatic carbocycles. The zero-order chi connectivity index (χ0) is 26.2. The number of nitrogens with zero attached hydrogens (tertiary/aromatic N) is 1. The van der Waals surface area contributed by atoms with Gasteiger partial charge >= 0.3 is 0 Å². The van der Waals surface area contributed by atoms with Crippen molar-refractivity contribution in [3.05, 3.63) is 98.4 Å². The zero-order valence-electron chi connectivity index (χ0n) is 20.3. The topological polar surface area (TPSA) is 58.6 Å². The van der Waals surface area contributed by atoms with E-state index in [1.54, 1.807) is 23.1 Å². The van der Waals surface area contributed by atoms with Crippen molar-refractivity contribution in [2.75, 3.05) is 6.61 Å². The van der Waals surface area contributed by atoms with Gasteiger partial charge < -0.3 is 15.0 Å². The Morgan fingerprint density at radius 3 is 2.41 bits per heavy atom. The quantitative estimate of drug-likeness (QED) is 0.276. The number of amides is 2. The van der Waals surface area contributed by atoms with Crippen LogP contribution in [0, 0.1) is 0 Å². The van der Waals surface area contributed by atoms with Gasteiger partial charge in [0.25, 0.3) is 5.91 Å². The molecule has 0 radical (unpaired) electrons. The molecule has 0 spiro atoms. The van der Waals surface area contributed by atoms with Crippen LogP contribution in [0.25, 0.3) is 0 Å². The highest BCUT2D eigenvalue weighted by Gasteiger charge is 2.32. The maximum atomic E-state index is 13.7. The van der Waals surface area contributed by atoms with E-state index in [0.29, 0.717) is 22.2 Å². The van der Waals surface area contributed by atoms with Crippen LogP contribution in [0.3, 0.4) is 0 Å². The van der Waals surface area contributed by atoms with Gasteiger partial charge in [-0.1, -0.05) is 94.4 Å². The van der Waals surface area contributed by atoms with Crippen LogP contribution in [0.1, 0.15) is 36.8 Å². The number of halogens is 3. The van der Waals surface area contributed by atoms with E-state index in [1.165, 1.54) is 0 Å². The van der Waals surface area contributed by atoms with Crippen LogP contribution in [0.4, 0.5) is 0 Å². The Balaban J connectivity index is 1.62. The first-order chi connectivity index (χ1) is 17.9. The predicted octanol–water partition coefficient (Wildman–Crippen LogP) is 6.83. The van der Waals surface area contributed by atoms with Gasteiger partial charge in [-0.25, -0.2) is 0 Å². The molecule has 1 aliphatic rings. The fourth-order valence-electron chi connectivity index (χ4n) is 4.57. The third-order valence-electron chi connectivity index (χ3n) is 6.46. The number of carbonyl (C=O) groups is 2. The van der Waals surface area contributed by atoms with Crippen molar-refractivity contribution in [1.29, 1.82) is 0 Å². The van der Waals surface area contributed by atoms with Crippen molar-refractivity contribution in [3.8, 4) is 5.75 Å². The van der Waals surface area contributed by atoms with Gasteiger partial charge in [-0.15, -0.1) is 0 Å². The lowest BCUT2D eigenvalue weighted by Crippen LogP contribution is -2.53. The number of benzene rings is 3. The van der Waals surface area contributed by atoms with Crippen LogP contribution < -0.4 is 10.1 Å². The molecule has 0 saturated heterocycles. The molecule has 1 atom stereocenters. The SMILES string of the molecule is O=C(NC1CCCC1)[C@H](Cc1ccccc1)N(Cc1cccc(Br)c1)C(=O)COc1ccc(Cl)cc1Cl. The number of rotatable bonds is 10. The molecule has 0 heterocycles. The van der Waals surface area contributed by atoms with Gasteiger partial charge in [0.2, 0.25) is 5.91 Å². The van der Waals surface area contributed by atoms with E-state index in [0.717, 1.165) is 41.3 Å². The molecule has 0 aliphatic heterocycles. The number of carbonyl (C=O) groups excluding carboxylic acids is 2. The fraction of sp³-hybridized carbons (Fsp3) is 0.310. The summed E-state index contributed by atoms with van der Waals surface area (Å²) < 4.78 is 6.69. The van der Waals surface area contributed by atoms with Crippen molar-refractivity contribution >= 4 is 50.9 Å². The van der Waals surface area contributed by atoms with Crippen LogP contribution in [0.5, 0.6) is 5.75 Å². The van der Waals surface area contributed by atoms with E-state index >= 15 is 0 Å². The lowest BCUT2D eigenvalue weighted by atomic mass is 10.0. The minimum absolute atomic E-state index is 0.137. The van der Waals surface area contributed by atoms with Gasteiger partial charge in [-0.05, 0) is 54.3 Å². The van der Waals surface area contributed by atoms with E-state index in [9.17, 15) is 9.59 Å². The smallest absolute Gasteiger partial charge is 0.261 e. The monoisotopic (exact) mass is 602 g/mol. The highest BCUT2D eigenvalue weighted by atomic mass is 79.9. The third-order valence-corrected chi connectivity index (χ3v) is 7.48. The summed E-state index contributed by atoms with van der Waals surface area (Å²) in [6.07, 6.45) is 4.51. The summed E-state index contributed by atoms with van der Waals surface area (Å²) in [6.45, 7) is -0.0110. The lowest BCUT2D eigenvalue weighted by molar-refractivity contribution is -0.143. The van der Waals surface area contributed by atoms with E-state index in [1.807, 2.05) is 54.6 Å². The van der Waals surface area contributed by atoms with Gasteiger partial charge in [-0.2, -0.15) is 0 Å². The van der Waals surface area contributed by atoms with Gasteiger partial charge in [0.05, 0.1) is 5.02 Å². The lowest BCUT2D eigenvalue weighted by Gasteiger charge is -2.32.